The molecular weight excluding hydrogens is 847 g/mol. The number of rotatable bonds is 27. The van der Waals surface area contributed by atoms with Crippen molar-refractivity contribution in [2.24, 2.45) is 0 Å². The van der Waals surface area contributed by atoms with Gasteiger partial charge < -0.3 is 42.5 Å². The molecule has 0 saturated carbocycles. The summed E-state index contributed by atoms with van der Waals surface area (Å²) in [4.78, 5) is 2.28. The third-order valence-corrected chi connectivity index (χ3v) is 13.2. The van der Waals surface area contributed by atoms with Crippen molar-refractivity contribution in [3.8, 4) is 0 Å². The lowest BCUT2D eigenvalue weighted by Crippen LogP contribution is -2.35. The molecule has 0 unspecified atom stereocenters. The van der Waals surface area contributed by atoms with Crippen LogP contribution in [0.15, 0.2) is 88.2 Å². The minimum atomic E-state index is -4.40. The third kappa shape index (κ3) is 14.2. The average Bonchev–Trinajstić information content (AvgIpc) is 3.59. The van der Waals surface area contributed by atoms with Gasteiger partial charge in [0.05, 0.1) is 104 Å². The van der Waals surface area contributed by atoms with Crippen LogP contribution < -0.4 is 4.90 Å². The third-order valence-electron chi connectivity index (χ3n) is 12.3. The van der Waals surface area contributed by atoms with Crippen LogP contribution in [0.4, 0.5) is 11.4 Å². The number of quaternary nitrogens is 1. The van der Waals surface area contributed by atoms with Gasteiger partial charge in [-0.1, -0.05) is 37.6 Å². The van der Waals surface area contributed by atoms with E-state index >= 15 is 0 Å². The molecule has 1 N–H and O–H groups in total. The van der Waals surface area contributed by atoms with Crippen LogP contribution >= 0.6 is 0 Å². The lowest BCUT2D eigenvalue weighted by molar-refractivity contribution is -0.870. The topological polar surface area (TPSA) is 125 Å². The summed E-state index contributed by atoms with van der Waals surface area (Å²) in [6, 6.07) is 11.6. The normalized spacial score (nSPS) is 18.5. The molecule has 0 fully saturated rings. The van der Waals surface area contributed by atoms with Crippen molar-refractivity contribution >= 4 is 27.2 Å². The molecule has 0 radical (unpaired) electrons. The molecule has 13 nitrogen and oxygen atoms in total. The summed E-state index contributed by atoms with van der Waals surface area (Å²) in [6.07, 6.45) is 12.5. The van der Waals surface area contributed by atoms with Gasteiger partial charge >= 0.3 is 0 Å². The van der Waals surface area contributed by atoms with Crippen molar-refractivity contribution in [1.29, 1.82) is 0 Å². The number of anilines is 1. The van der Waals surface area contributed by atoms with Crippen LogP contribution in [0.2, 0.25) is 0 Å². The fourth-order valence-corrected chi connectivity index (χ4v) is 9.31. The number of benzene rings is 2. The van der Waals surface area contributed by atoms with Crippen LogP contribution in [0.3, 0.4) is 0 Å². The van der Waals surface area contributed by atoms with E-state index in [-0.39, 0.29) is 10.3 Å². The highest BCUT2D eigenvalue weighted by atomic mass is 32.2. The summed E-state index contributed by atoms with van der Waals surface area (Å²) in [5.41, 5.74) is 9.09. The Labute approximate surface area is 389 Å². The zero-order valence-corrected chi connectivity index (χ0v) is 41.7. The van der Waals surface area contributed by atoms with Crippen LogP contribution in [0, 0.1) is 6.92 Å². The first-order chi connectivity index (χ1) is 30.9. The van der Waals surface area contributed by atoms with E-state index in [0.717, 1.165) is 70.6 Å². The number of ether oxygens (including phenoxy) is 7. The summed E-state index contributed by atoms with van der Waals surface area (Å²) in [7, 11) is 5.51. The van der Waals surface area contributed by atoms with Gasteiger partial charge in [0, 0.05) is 61.7 Å². The first-order valence-electron chi connectivity index (χ1n) is 23.1. The Kier molecular flexibility index (Phi) is 19.2. The number of fused-ring (bicyclic) bond motifs is 2. The molecule has 3 aliphatic rings. The molecule has 0 saturated heterocycles. The minimum absolute atomic E-state index is 0.125. The quantitative estimate of drug-likeness (QED) is 0.0411. The number of methoxy groups -OCH3 is 2. The highest BCUT2D eigenvalue weighted by Gasteiger charge is 2.45. The number of hydrogen-bond acceptors (Lipinski definition) is 10. The molecule has 360 valence electrons. The van der Waals surface area contributed by atoms with E-state index < -0.39 is 15.5 Å². The van der Waals surface area contributed by atoms with E-state index in [4.69, 9.17) is 33.2 Å². The maximum Gasteiger partial charge on any atom is 0.294 e. The van der Waals surface area contributed by atoms with Crippen molar-refractivity contribution in [2.75, 3.05) is 133 Å². The van der Waals surface area contributed by atoms with Gasteiger partial charge in [0.2, 0.25) is 5.69 Å². The molecule has 2 aromatic rings. The predicted molar refractivity (Wildman–Crippen MR) is 257 cm³/mol. The van der Waals surface area contributed by atoms with E-state index in [1.165, 1.54) is 28.6 Å². The summed E-state index contributed by atoms with van der Waals surface area (Å²) in [5.74, 6) is 0.921. The average molecular weight is 924 g/mol. The first kappa shape index (κ1) is 52.3. The molecule has 0 atom stereocenters. The molecule has 0 bridgehead atoms. The van der Waals surface area contributed by atoms with Gasteiger partial charge in [-0.2, -0.15) is 13.0 Å². The Bertz CT molecular complexity index is 2180. The van der Waals surface area contributed by atoms with Gasteiger partial charge in [-0.05, 0) is 87.1 Å². The van der Waals surface area contributed by atoms with Gasteiger partial charge in [0.1, 0.15) is 12.4 Å². The zero-order chi connectivity index (χ0) is 47.3. The fraction of sp³-hybridized carbons (Fsp3) is 0.588. The van der Waals surface area contributed by atoms with Gasteiger partial charge in [-0.25, -0.2) is 0 Å². The van der Waals surface area contributed by atoms with E-state index in [1.54, 1.807) is 26.4 Å². The number of nitrogens with zero attached hydrogens (tertiary/aromatic N) is 3. The summed E-state index contributed by atoms with van der Waals surface area (Å²) in [6.45, 7) is 18.8. The van der Waals surface area contributed by atoms with Crippen LogP contribution in [-0.2, 0) is 54.1 Å². The Balaban J connectivity index is 1.50. The largest absolute Gasteiger partial charge is 0.493 e. The van der Waals surface area contributed by atoms with E-state index in [0.29, 0.717) is 85.8 Å². The maximum atomic E-state index is 12.3. The molecule has 2 aliphatic heterocycles. The van der Waals surface area contributed by atoms with Crippen molar-refractivity contribution in [3.63, 3.8) is 0 Å². The molecule has 5 rings (SSSR count). The Morgan fingerprint density at radius 2 is 1.40 bits per heavy atom. The fourth-order valence-electron chi connectivity index (χ4n) is 8.80. The highest BCUT2D eigenvalue weighted by molar-refractivity contribution is 7.85. The molecule has 0 amide bonds. The smallest absolute Gasteiger partial charge is 0.294 e. The Hall–Kier alpha value is -3.70. The molecule has 2 aromatic carbocycles. The van der Waals surface area contributed by atoms with Crippen LogP contribution in [0.25, 0.3) is 0 Å². The molecule has 0 aromatic heterocycles. The SMILES string of the molecule is COCCOCCOCCN1C(=CC=C2CCCC(C=CC3=[N+](CCOCCOCCOC)c4ccc(S(=O)(=O)O)cc4C3(C)C)=C2OCCC[N+](C)(C)C)C(C)(C)c2cc(C)ccc21. The van der Waals surface area contributed by atoms with Crippen molar-refractivity contribution in [2.45, 2.75) is 76.0 Å². The van der Waals surface area contributed by atoms with E-state index in [2.05, 4.69) is 108 Å². The molecule has 14 heteroatoms. The molecule has 1 aliphatic carbocycles. The summed E-state index contributed by atoms with van der Waals surface area (Å²) >= 11 is 0. The highest BCUT2D eigenvalue weighted by Crippen LogP contribution is 2.48. The second-order valence-corrected chi connectivity index (χ2v) is 20.5. The second kappa shape index (κ2) is 23.8. The molecule has 65 heavy (non-hydrogen) atoms. The minimum Gasteiger partial charge on any atom is -0.493 e. The van der Waals surface area contributed by atoms with Crippen LogP contribution in [0.5, 0.6) is 0 Å². The van der Waals surface area contributed by atoms with Gasteiger partial charge in [0.25, 0.3) is 10.1 Å². The number of aryl methyl sites for hydroxylation is 1. The first-order valence-corrected chi connectivity index (χ1v) is 24.5. The Morgan fingerprint density at radius 3 is 2.05 bits per heavy atom. The van der Waals surface area contributed by atoms with Gasteiger partial charge in [0.15, 0.2) is 12.3 Å². The monoisotopic (exact) mass is 924 g/mol. The van der Waals surface area contributed by atoms with Crippen LogP contribution in [0.1, 0.15) is 70.1 Å². The molecular formula is C51H77N3O10S+2. The number of hydrogen-bond donors (Lipinski definition) is 1. The second-order valence-electron chi connectivity index (χ2n) is 19.0. The van der Waals surface area contributed by atoms with Gasteiger partial charge in [-0.15, -0.1) is 0 Å². The van der Waals surface area contributed by atoms with Crippen molar-refractivity contribution < 1.29 is 55.2 Å². The predicted octanol–water partition coefficient (Wildman–Crippen LogP) is 7.69. The Morgan fingerprint density at radius 1 is 0.754 bits per heavy atom. The number of allylic oxidation sites excluding steroid dienone is 7. The molecule has 0 spiro atoms. The summed E-state index contributed by atoms with van der Waals surface area (Å²) < 4.78 is 78.0. The lowest BCUT2D eigenvalue weighted by Gasteiger charge is -2.28. The van der Waals surface area contributed by atoms with E-state index in [9.17, 15) is 13.0 Å². The summed E-state index contributed by atoms with van der Waals surface area (Å²) in [5, 5.41) is 0. The van der Waals surface area contributed by atoms with Crippen molar-refractivity contribution in [3.05, 3.63) is 100.0 Å². The standard InChI is InChI=1S/C51H76N3O10S/c1-39-15-19-45-43(37-39)50(2,3)47(52(45)23-27-60-33-35-62-31-29-58-9)21-16-40-13-11-14-41(49(40)64-26-12-25-54(6,7)8)17-22-48-51(4,5)44-38-42(65(55,56)57)18-20-46(44)53(48)24-28-61-34-36-63-32-30-59-10/h15-22,37-38H,11-14,23-36H2,1-10H3/q+1/p+1. The molecule has 2 heterocycles. The maximum absolute atomic E-state index is 12.3. The lowest BCUT2D eigenvalue weighted by atomic mass is 9.81. The zero-order valence-electron chi connectivity index (χ0n) is 40.9. The van der Waals surface area contributed by atoms with Crippen molar-refractivity contribution in [1.82, 2.24) is 0 Å². The van der Waals surface area contributed by atoms with E-state index in [1.807, 2.05) is 0 Å². The van der Waals surface area contributed by atoms with Gasteiger partial charge in [-0.3, -0.25) is 4.55 Å². The van der Waals surface area contributed by atoms with Crippen LogP contribution in [-0.4, -0.2) is 155 Å².